The Kier molecular flexibility index (Phi) is 5.07. The van der Waals surface area contributed by atoms with Gasteiger partial charge in [-0.3, -0.25) is 4.90 Å². The molecule has 0 aromatic rings. The van der Waals surface area contributed by atoms with Crippen LogP contribution in [0.2, 0.25) is 0 Å². The van der Waals surface area contributed by atoms with E-state index in [1.54, 1.807) is 0 Å². The average Bonchev–Trinajstić information content (AvgIpc) is 2.30. The Morgan fingerprint density at radius 1 is 1.25 bits per heavy atom. The maximum Gasteiger partial charge on any atom is 0.0621 e. The van der Waals surface area contributed by atoms with Gasteiger partial charge in [0.25, 0.3) is 0 Å². The van der Waals surface area contributed by atoms with Gasteiger partial charge in [0, 0.05) is 25.2 Å². The maximum absolute atomic E-state index is 5.60. The lowest BCUT2D eigenvalue weighted by Gasteiger charge is -2.36. The van der Waals surface area contributed by atoms with Crippen LogP contribution >= 0.6 is 0 Å². The van der Waals surface area contributed by atoms with Crippen molar-refractivity contribution in [2.45, 2.75) is 51.1 Å². The Hall–Kier alpha value is -0.120. The van der Waals surface area contributed by atoms with Crippen LogP contribution in [0.25, 0.3) is 0 Å². The van der Waals surface area contributed by atoms with Crippen LogP contribution in [0.3, 0.4) is 0 Å². The van der Waals surface area contributed by atoms with E-state index in [0.29, 0.717) is 6.04 Å². The summed E-state index contributed by atoms with van der Waals surface area (Å²) < 4.78 is 5.60. The summed E-state index contributed by atoms with van der Waals surface area (Å²) in [6, 6.07) is 1.43. The van der Waals surface area contributed by atoms with Crippen LogP contribution in [0.15, 0.2) is 0 Å². The first-order chi connectivity index (χ1) is 7.90. The third-order valence-electron chi connectivity index (χ3n) is 3.97. The quantitative estimate of drug-likeness (QED) is 0.774. The van der Waals surface area contributed by atoms with Crippen LogP contribution in [0, 0.1) is 0 Å². The molecule has 3 heteroatoms. The fourth-order valence-corrected chi connectivity index (χ4v) is 2.85. The molecule has 0 spiro atoms. The summed E-state index contributed by atoms with van der Waals surface area (Å²) in [4.78, 5) is 2.67. The molecular weight excluding hydrogens is 200 g/mol. The van der Waals surface area contributed by atoms with Gasteiger partial charge in [0.05, 0.1) is 6.61 Å². The van der Waals surface area contributed by atoms with E-state index >= 15 is 0 Å². The van der Waals surface area contributed by atoms with Gasteiger partial charge in [-0.15, -0.1) is 0 Å². The minimum absolute atomic E-state index is 0.698. The van der Waals surface area contributed by atoms with Crippen LogP contribution in [0.4, 0.5) is 0 Å². The molecule has 0 aromatic carbocycles. The Bertz CT molecular complexity index is 192. The minimum atomic E-state index is 0.698. The molecule has 16 heavy (non-hydrogen) atoms. The van der Waals surface area contributed by atoms with Gasteiger partial charge in [-0.2, -0.15) is 0 Å². The fraction of sp³-hybridized carbons (Fsp3) is 1.00. The zero-order valence-electron chi connectivity index (χ0n) is 10.6. The molecule has 2 unspecified atom stereocenters. The Balaban J connectivity index is 1.82. The molecule has 94 valence electrons. The van der Waals surface area contributed by atoms with E-state index < -0.39 is 0 Å². The third kappa shape index (κ3) is 3.44. The Morgan fingerprint density at radius 2 is 2.19 bits per heavy atom. The zero-order chi connectivity index (χ0) is 11.2. The normalized spacial score (nSPS) is 34.3. The summed E-state index contributed by atoms with van der Waals surface area (Å²) >= 11 is 0. The molecule has 3 nitrogen and oxygen atoms in total. The summed E-state index contributed by atoms with van der Waals surface area (Å²) in [5.41, 5.74) is 0. The molecule has 2 fully saturated rings. The van der Waals surface area contributed by atoms with Crippen molar-refractivity contribution >= 4 is 0 Å². The third-order valence-corrected chi connectivity index (χ3v) is 3.97. The van der Waals surface area contributed by atoms with Crippen molar-refractivity contribution in [1.29, 1.82) is 0 Å². The van der Waals surface area contributed by atoms with Gasteiger partial charge >= 0.3 is 0 Å². The molecule has 2 aliphatic rings. The van der Waals surface area contributed by atoms with E-state index in [1.807, 2.05) is 0 Å². The van der Waals surface area contributed by atoms with Crippen molar-refractivity contribution in [3.05, 3.63) is 0 Å². The van der Waals surface area contributed by atoms with Gasteiger partial charge in [0.2, 0.25) is 0 Å². The minimum Gasteiger partial charge on any atom is -0.380 e. The predicted octanol–water partition coefficient (Wildman–Crippen LogP) is 1.63. The lowest BCUT2D eigenvalue weighted by Crippen LogP contribution is -2.46. The number of ether oxygens (including phenoxy) is 1. The topological polar surface area (TPSA) is 24.5 Å². The lowest BCUT2D eigenvalue weighted by atomic mass is 10.0. The Morgan fingerprint density at radius 3 is 2.94 bits per heavy atom. The van der Waals surface area contributed by atoms with Crippen molar-refractivity contribution in [3.8, 4) is 0 Å². The van der Waals surface area contributed by atoms with Gasteiger partial charge in [-0.05, 0) is 45.2 Å². The van der Waals surface area contributed by atoms with Crippen LogP contribution in [-0.4, -0.2) is 49.8 Å². The molecule has 2 aliphatic heterocycles. The molecular formula is C13H26N2O. The number of nitrogens with one attached hydrogen (secondary N) is 1. The van der Waals surface area contributed by atoms with Gasteiger partial charge in [-0.1, -0.05) is 6.92 Å². The van der Waals surface area contributed by atoms with Crippen LogP contribution in [0.5, 0.6) is 0 Å². The molecule has 0 amide bonds. The molecule has 2 atom stereocenters. The first-order valence-electron chi connectivity index (χ1n) is 6.95. The van der Waals surface area contributed by atoms with E-state index in [4.69, 9.17) is 4.74 Å². The highest BCUT2D eigenvalue weighted by atomic mass is 16.5. The highest BCUT2D eigenvalue weighted by molar-refractivity contribution is 4.79. The molecule has 0 radical (unpaired) electrons. The molecule has 0 aromatic heterocycles. The monoisotopic (exact) mass is 226 g/mol. The molecule has 0 bridgehead atoms. The van der Waals surface area contributed by atoms with Crippen molar-refractivity contribution in [3.63, 3.8) is 0 Å². The van der Waals surface area contributed by atoms with E-state index in [-0.39, 0.29) is 0 Å². The lowest BCUT2D eigenvalue weighted by molar-refractivity contribution is 0.0140. The molecule has 1 N–H and O–H groups in total. The van der Waals surface area contributed by atoms with Gasteiger partial charge < -0.3 is 10.1 Å². The van der Waals surface area contributed by atoms with E-state index in [0.717, 1.165) is 19.3 Å². The second-order valence-electron chi connectivity index (χ2n) is 5.11. The summed E-state index contributed by atoms with van der Waals surface area (Å²) in [5, 5.41) is 3.64. The highest BCUT2D eigenvalue weighted by Gasteiger charge is 2.23. The summed E-state index contributed by atoms with van der Waals surface area (Å²) in [6.45, 7) is 7.90. The average molecular weight is 226 g/mol. The predicted molar refractivity (Wildman–Crippen MR) is 66.7 cm³/mol. The van der Waals surface area contributed by atoms with Gasteiger partial charge in [-0.25, -0.2) is 0 Å². The number of hydrogen-bond donors (Lipinski definition) is 1. The van der Waals surface area contributed by atoms with Crippen LogP contribution in [0.1, 0.15) is 39.0 Å². The largest absolute Gasteiger partial charge is 0.380 e. The number of rotatable bonds is 2. The molecule has 2 saturated heterocycles. The van der Waals surface area contributed by atoms with Crippen LogP contribution in [-0.2, 0) is 4.74 Å². The molecule has 2 heterocycles. The van der Waals surface area contributed by atoms with Gasteiger partial charge in [0.1, 0.15) is 0 Å². The second-order valence-corrected chi connectivity index (χ2v) is 5.11. The summed E-state index contributed by atoms with van der Waals surface area (Å²) in [6.07, 6.45) is 6.43. The van der Waals surface area contributed by atoms with Crippen LogP contribution < -0.4 is 5.32 Å². The fourth-order valence-electron chi connectivity index (χ4n) is 2.85. The van der Waals surface area contributed by atoms with Gasteiger partial charge in [0.15, 0.2) is 0 Å². The molecule has 0 saturated carbocycles. The van der Waals surface area contributed by atoms with E-state index in [9.17, 15) is 0 Å². The summed E-state index contributed by atoms with van der Waals surface area (Å²) in [7, 11) is 0. The summed E-state index contributed by atoms with van der Waals surface area (Å²) in [5.74, 6) is 0. The van der Waals surface area contributed by atoms with Crippen molar-refractivity contribution in [1.82, 2.24) is 10.2 Å². The first-order valence-corrected chi connectivity index (χ1v) is 6.95. The van der Waals surface area contributed by atoms with Crippen molar-refractivity contribution in [2.24, 2.45) is 0 Å². The molecule has 0 aliphatic carbocycles. The smallest absolute Gasteiger partial charge is 0.0621 e. The number of hydrogen-bond acceptors (Lipinski definition) is 3. The highest BCUT2D eigenvalue weighted by Crippen LogP contribution is 2.16. The maximum atomic E-state index is 5.60. The first kappa shape index (κ1) is 12.3. The SMILES string of the molecule is CCC1CCN(C2CCCOC2)CCCN1. The molecule has 2 rings (SSSR count). The zero-order valence-corrected chi connectivity index (χ0v) is 10.6. The van der Waals surface area contributed by atoms with Crippen molar-refractivity contribution < 1.29 is 4.74 Å². The van der Waals surface area contributed by atoms with E-state index in [2.05, 4.69) is 17.1 Å². The second kappa shape index (κ2) is 6.58. The Labute approximate surface area is 99.5 Å². The standard InChI is InChI=1S/C13H26N2O/c1-2-12-6-9-15(8-4-7-14-12)13-5-3-10-16-11-13/h12-14H,2-11H2,1H3. The van der Waals surface area contributed by atoms with E-state index in [1.165, 1.54) is 51.7 Å². The van der Waals surface area contributed by atoms with Crippen molar-refractivity contribution in [2.75, 3.05) is 32.8 Å². The number of nitrogens with zero attached hydrogens (tertiary/aromatic N) is 1.